The normalized spacial score (nSPS) is 12.5. The van der Waals surface area contributed by atoms with Gasteiger partial charge in [0.1, 0.15) is 0 Å². The molecule has 5 heteroatoms. The molecule has 22 heavy (non-hydrogen) atoms. The summed E-state index contributed by atoms with van der Waals surface area (Å²) >= 11 is 1.10. The predicted octanol–water partition coefficient (Wildman–Crippen LogP) is 3.99. The number of hydrogen-bond acceptors (Lipinski definition) is 4. The van der Waals surface area contributed by atoms with Crippen molar-refractivity contribution >= 4 is 23.1 Å². The van der Waals surface area contributed by atoms with Crippen LogP contribution in [-0.4, -0.2) is 15.2 Å². The lowest BCUT2D eigenvalue weighted by molar-refractivity contribution is -0.0786. The molecule has 0 radical (unpaired) electrons. The monoisotopic (exact) mass is 315 g/mol. The maximum absolute atomic E-state index is 9.66. The van der Waals surface area contributed by atoms with E-state index in [4.69, 9.17) is 9.22 Å². The van der Waals surface area contributed by atoms with Gasteiger partial charge in [-0.2, -0.15) is 0 Å². The van der Waals surface area contributed by atoms with Crippen LogP contribution >= 0.6 is 12.2 Å². The number of nitrogens with zero attached hydrogens (tertiary/aromatic N) is 1. The third-order valence-electron chi connectivity index (χ3n) is 3.22. The summed E-state index contributed by atoms with van der Waals surface area (Å²) in [5, 5.41) is 10.8. The Bertz CT molecular complexity index is 740. The van der Waals surface area contributed by atoms with Crippen LogP contribution in [-0.2, 0) is 10.8 Å². The molecule has 0 saturated heterocycles. The maximum Gasteiger partial charge on any atom is 0.169 e. The van der Waals surface area contributed by atoms with Crippen molar-refractivity contribution in [3.63, 3.8) is 0 Å². The molecule has 2 aromatic carbocycles. The third kappa shape index (κ3) is 3.44. The Morgan fingerprint density at radius 2 is 1.82 bits per heavy atom. The topological polar surface area (TPSA) is 43.6 Å². The number of aliphatic hydroxyl groups is 1. The molecule has 1 heterocycles. The fraction of sp³-hybridized carbons (Fsp3) is 0.176. The molecule has 114 valence electrons. The highest BCUT2D eigenvalue weighted by molar-refractivity contribution is 7.93. The van der Waals surface area contributed by atoms with Gasteiger partial charge in [0.05, 0.1) is 11.6 Å². The van der Waals surface area contributed by atoms with E-state index in [1.54, 1.807) is 6.92 Å². The van der Waals surface area contributed by atoms with Gasteiger partial charge < -0.3 is 9.99 Å². The fourth-order valence-corrected chi connectivity index (χ4v) is 2.92. The number of para-hydroxylation sites is 2. The Kier molecular flexibility index (Phi) is 4.68. The van der Waals surface area contributed by atoms with Gasteiger partial charge in [-0.15, -0.1) is 0 Å². The highest BCUT2D eigenvalue weighted by Gasteiger charge is 2.12. The van der Waals surface area contributed by atoms with E-state index >= 15 is 0 Å². The van der Waals surface area contributed by atoms with E-state index in [1.807, 2.05) is 58.6 Å². The second-order valence-corrected chi connectivity index (χ2v) is 5.73. The van der Waals surface area contributed by atoms with Gasteiger partial charge >= 0.3 is 0 Å². The number of fused-ring (bicyclic) bond motifs is 1. The van der Waals surface area contributed by atoms with Gasteiger partial charge in [0.2, 0.25) is 0 Å². The van der Waals surface area contributed by atoms with Crippen LogP contribution < -0.4 is 4.89 Å². The molecule has 0 spiro atoms. The third-order valence-corrected chi connectivity index (χ3v) is 3.93. The van der Waals surface area contributed by atoms with Crippen molar-refractivity contribution in [2.45, 2.75) is 19.4 Å². The van der Waals surface area contributed by atoms with E-state index in [2.05, 4.69) is 6.07 Å². The molecule has 0 saturated carbocycles. The maximum atomic E-state index is 9.66. The van der Waals surface area contributed by atoms with Crippen molar-refractivity contribution in [2.24, 2.45) is 0 Å². The molecule has 0 aliphatic rings. The molecule has 0 aliphatic carbocycles. The number of benzene rings is 2. The molecule has 3 aromatic rings. The molecule has 1 aromatic heterocycles. The van der Waals surface area contributed by atoms with E-state index < -0.39 is 6.10 Å². The van der Waals surface area contributed by atoms with Gasteiger partial charge in [0.25, 0.3) is 0 Å². The Morgan fingerprint density at radius 1 is 1.09 bits per heavy atom. The molecule has 1 atom stereocenters. The summed E-state index contributed by atoms with van der Waals surface area (Å²) in [6, 6.07) is 19.4. The van der Waals surface area contributed by atoms with Crippen molar-refractivity contribution in [2.75, 3.05) is 0 Å². The summed E-state index contributed by atoms with van der Waals surface area (Å²) in [5.41, 5.74) is 2.01. The second-order valence-electron chi connectivity index (χ2n) is 5.08. The van der Waals surface area contributed by atoms with Crippen LogP contribution in [0.15, 0.2) is 60.7 Å². The Hall–Kier alpha value is -1.95. The van der Waals surface area contributed by atoms with Crippen molar-refractivity contribution in [3.8, 4) is 5.75 Å². The molecule has 0 unspecified atom stereocenters. The second kappa shape index (κ2) is 6.87. The summed E-state index contributed by atoms with van der Waals surface area (Å²) in [5.74, 6) is 0.642. The van der Waals surface area contributed by atoms with Gasteiger partial charge in [-0.1, -0.05) is 40.7 Å². The van der Waals surface area contributed by atoms with Gasteiger partial charge in [0.15, 0.2) is 18.0 Å². The predicted molar refractivity (Wildman–Crippen MR) is 88.5 cm³/mol. The minimum atomic E-state index is -0.418. The van der Waals surface area contributed by atoms with Gasteiger partial charge in [-0.25, -0.2) is 0 Å². The lowest BCUT2D eigenvalue weighted by atomic mass is 10.2. The molecule has 0 bridgehead atoms. The van der Waals surface area contributed by atoms with Crippen LogP contribution in [0.2, 0.25) is 0 Å². The highest BCUT2D eigenvalue weighted by Crippen LogP contribution is 2.27. The lowest BCUT2D eigenvalue weighted by Gasteiger charge is -2.10. The largest absolute Gasteiger partial charge is 0.393 e. The molecular formula is C17H17NO3S. The summed E-state index contributed by atoms with van der Waals surface area (Å²) in [7, 11) is 0. The van der Waals surface area contributed by atoms with E-state index in [-0.39, 0.29) is 0 Å². The summed E-state index contributed by atoms with van der Waals surface area (Å²) in [6.45, 7) is 1.77. The molecule has 0 fully saturated rings. The van der Waals surface area contributed by atoms with Crippen LogP contribution in [0.4, 0.5) is 0 Å². The lowest BCUT2D eigenvalue weighted by Crippen LogP contribution is -2.08. The first-order chi connectivity index (χ1) is 10.7. The minimum absolute atomic E-state index is 0.418. The number of aliphatic hydroxyl groups excluding tert-OH is 1. The first-order valence-electron chi connectivity index (χ1n) is 7.08. The number of aromatic nitrogens is 1. The molecular weight excluding hydrogens is 298 g/mol. The SMILES string of the molecule is C[C@H](O)Cc1cc2ccccc2n1SOOc1ccccc1. The van der Waals surface area contributed by atoms with Gasteiger partial charge in [0, 0.05) is 17.5 Å². The van der Waals surface area contributed by atoms with Crippen molar-refractivity contribution in [3.05, 3.63) is 66.4 Å². The van der Waals surface area contributed by atoms with Gasteiger partial charge in [-0.3, -0.25) is 3.97 Å². The molecule has 0 aliphatic heterocycles. The number of rotatable bonds is 6. The standard InChI is InChI=1S/C17H17NO3S/c1-13(19)11-15-12-14-7-5-6-10-17(14)18(15)22-21-20-16-8-3-2-4-9-16/h2-10,12-13,19H,11H2,1H3/t13-/m0/s1. The minimum Gasteiger partial charge on any atom is -0.393 e. The van der Waals surface area contributed by atoms with E-state index in [9.17, 15) is 5.11 Å². The average Bonchev–Trinajstić information content (AvgIpc) is 2.85. The zero-order valence-corrected chi connectivity index (χ0v) is 13.0. The number of hydrogen-bond donors (Lipinski definition) is 1. The molecule has 4 nitrogen and oxygen atoms in total. The smallest absolute Gasteiger partial charge is 0.169 e. The van der Waals surface area contributed by atoms with E-state index in [0.717, 1.165) is 28.8 Å². The van der Waals surface area contributed by atoms with Crippen LogP contribution in [0.1, 0.15) is 12.6 Å². The summed E-state index contributed by atoms with van der Waals surface area (Å²) in [6.07, 6.45) is 0.134. The van der Waals surface area contributed by atoms with E-state index in [0.29, 0.717) is 12.2 Å². The van der Waals surface area contributed by atoms with Crippen LogP contribution in [0.3, 0.4) is 0 Å². The molecule has 1 N–H and O–H groups in total. The molecule has 0 amide bonds. The summed E-state index contributed by atoms with van der Waals surface area (Å²) < 4.78 is 7.23. The first-order valence-corrected chi connectivity index (χ1v) is 7.78. The van der Waals surface area contributed by atoms with Crippen molar-refractivity contribution in [1.82, 2.24) is 3.97 Å². The summed E-state index contributed by atoms with van der Waals surface area (Å²) in [4.78, 5) is 5.27. The molecule has 3 rings (SSSR count). The van der Waals surface area contributed by atoms with Crippen molar-refractivity contribution in [1.29, 1.82) is 0 Å². The van der Waals surface area contributed by atoms with E-state index in [1.165, 1.54) is 0 Å². The Labute approximate surface area is 133 Å². The quantitative estimate of drug-likeness (QED) is 0.424. The zero-order chi connectivity index (χ0) is 15.4. The zero-order valence-electron chi connectivity index (χ0n) is 12.2. The van der Waals surface area contributed by atoms with Gasteiger partial charge in [-0.05, 0) is 31.2 Å². The Balaban J connectivity index is 1.79. The van der Waals surface area contributed by atoms with Crippen LogP contribution in [0.5, 0.6) is 5.75 Å². The van der Waals surface area contributed by atoms with Crippen molar-refractivity contribution < 1.29 is 14.3 Å². The average molecular weight is 315 g/mol. The first kappa shape index (κ1) is 15.0. The van der Waals surface area contributed by atoms with Crippen LogP contribution in [0, 0.1) is 0 Å². The Morgan fingerprint density at radius 3 is 2.59 bits per heavy atom. The van der Waals surface area contributed by atoms with Crippen LogP contribution in [0.25, 0.3) is 10.9 Å². The fourth-order valence-electron chi connectivity index (χ4n) is 2.28. The highest BCUT2D eigenvalue weighted by atomic mass is 32.2.